The lowest BCUT2D eigenvalue weighted by Crippen LogP contribution is -2.24. The van der Waals surface area contributed by atoms with Crippen LogP contribution in [-0.4, -0.2) is 26.3 Å². The molecule has 7 heteroatoms. The molecule has 2 aromatic heterocycles. The van der Waals surface area contributed by atoms with Crippen molar-refractivity contribution in [1.82, 2.24) is 19.9 Å². The van der Waals surface area contributed by atoms with Gasteiger partial charge in [0.15, 0.2) is 5.78 Å². The molecular weight excluding hydrogens is 348 g/mol. The zero-order valence-corrected chi connectivity index (χ0v) is 15.2. The normalized spacial score (nSPS) is 14.4. The largest absolute Gasteiger partial charge is 0.350 e. The molecule has 1 aromatic carbocycles. The lowest BCUT2D eigenvalue weighted by molar-refractivity contribution is -0.122. The van der Waals surface area contributed by atoms with Crippen molar-refractivity contribution in [1.29, 1.82) is 0 Å². The third kappa shape index (κ3) is 3.30. The summed E-state index contributed by atoms with van der Waals surface area (Å²) in [5.74, 6) is -0.0923. The highest BCUT2D eigenvalue weighted by atomic mass is 32.1. The van der Waals surface area contributed by atoms with Crippen molar-refractivity contribution < 1.29 is 9.59 Å². The Bertz CT molecular complexity index is 985. The average molecular weight is 366 g/mol. The fourth-order valence-corrected chi connectivity index (χ4v) is 3.96. The number of aromatic nitrogens is 3. The number of benzene rings is 1. The van der Waals surface area contributed by atoms with Gasteiger partial charge in [-0.05, 0) is 24.5 Å². The van der Waals surface area contributed by atoms with Crippen LogP contribution in [0.15, 0.2) is 42.1 Å². The van der Waals surface area contributed by atoms with Gasteiger partial charge in [-0.15, -0.1) is 0 Å². The number of fused-ring (bicyclic) bond motifs is 1. The Labute approximate surface area is 154 Å². The van der Waals surface area contributed by atoms with Crippen LogP contribution in [-0.2, 0) is 16.1 Å². The Kier molecular flexibility index (Phi) is 4.38. The number of amides is 1. The van der Waals surface area contributed by atoms with Crippen LogP contribution >= 0.6 is 11.3 Å². The molecule has 26 heavy (non-hydrogen) atoms. The monoisotopic (exact) mass is 366 g/mol. The maximum atomic E-state index is 12.4. The summed E-state index contributed by atoms with van der Waals surface area (Å²) in [6.45, 7) is 2.26. The lowest BCUT2D eigenvalue weighted by Gasteiger charge is -2.07. The number of carbonyl (C=O) groups excluding carboxylic acids is 2. The minimum atomic E-state index is -0.163. The molecule has 0 unspecified atom stereocenters. The molecule has 1 aliphatic carbocycles. The highest BCUT2D eigenvalue weighted by Crippen LogP contribution is 2.33. The molecule has 0 radical (unpaired) electrons. The fourth-order valence-electron chi connectivity index (χ4n) is 3.21. The van der Waals surface area contributed by atoms with Crippen molar-refractivity contribution in [3.8, 4) is 0 Å². The molecule has 2 heterocycles. The van der Waals surface area contributed by atoms with Gasteiger partial charge >= 0.3 is 0 Å². The van der Waals surface area contributed by atoms with Crippen LogP contribution in [0.25, 0.3) is 10.5 Å². The third-order valence-electron chi connectivity index (χ3n) is 4.42. The Balaban J connectivity index is 1.44. The van der Waals surface area contributed by atoms with E-state index in [1.54, 1.807) is 4.52 Å². The Morgan fingerprint density at radius 3 is 2.85 bits per heavy atom. The van der Waals surface area contributed by atoms with Gasteiger partial charge in [0.05, 0.1) is 24.9 Å². The van der Waals surface area contributed by atoms with Gasteiger partial charge in [-0.1, -0.05) is 41.7 Å². The predicted octanol–water partition coefficient (Wildman–Crippen LogP) is 2.92. The van der Waals surface area contributed by atoms with Crippen LogP contribution in [0.4, 0.5) is 0 Å². The summed E-state index contributed by atoms with van der Waals surface area (Å²) in [7, 11) is 0. The van der Waals surface area contributed by atoms with Gasteiger partial charge in [-0.2, -0.15) is 5.10 Å². The smallest absolute Gasteiger partial charge is 0.224 e. The molecule has 1 aliphatic rings. The van der Waals surface area contributed by atoms with E-state index in [1.807, 2.05) is 43.5 Å². The first kappa shape index (κ1) is 16.7. The van der Waals surface area contributed by atoms with E-state index in [1.165, 1.54) is 11.3 Å². The Morgan fingerprint density at radius 2 is 2.08 bits per heavy atom. The van der Waals surface area contributed by atoms with Gasteiger partial charge in [0.2, 0.25) is 10.9 Å². The molecule has 0 saturated carbocycles. The average Bonchev–Trinajstić information content (AvgIpc) is 3.27. The second-order valence-corrected chi connectivity index (χ2v) is 7.44. The van der Waals surface area contributed by atoms with Crippen LogP contribution in [0.1, 0.15) is 35.5 Å². The highest BCUT2D eigenvalue weighted by Gasteiger charge is 2.25. The summed E-state index contributed by atoms with van der Waals surface area (Å²) in [4.78, 5) is 29.8. The number of imidazole rings is 1. The fraction of sp³-hybridized carbons (Fsp3) is 0.263. The molecule has 0 fully saturated rings. The zero-order valence-electron chi connectivity index (χ0n) is 14.4. The molecule has 0 saturated heterocycles. The molecule has 0 aliphatic heterocycles. The van der Waals surface area contributed by atoms with E-state index < -0.39 is 0 Å². The number of ketones is 1. The number of hydrogen-bond donors (Lipinski definition) is 1. The van der Waals surface area contributed by atoms with Gasteiger partial charge < -0.3 is 5.32 Å². The number of nitrogens with zero attached hydrogens (tertiary/aromatic N) is 3. The van der Waals surface area contributed by atoms with Crippen LogP contribution in [0.5, 0.6) is 0 Å². The minimum absolute atomic E-state index is 0.0705. The maximum Gasteiger partial charge on any atom is 0.224 e. The van der Waals surface area contributed by atoms with E-state index in [0.717, 1.165) is 26.8 Å². The number of nitrogens with one attached hydrogen (secondary N) is 1. The van der Waals surface area contributed by atoms with E-state index in [9.17, 15) is 9.59 Å². The first-order valence-corrected chi connectivity index (χ1v) is 9.31. The molecule has 4 rings (SSSR count). The summed E-state index contributed by atoms with van der Waals surface area (Å²) >= 11 is 1.51. The number of allylic oxidation sites excluding steroid dienone is 1. The Morgan fingerprint density at radius 1 is 1.27 bits per heavy atom. The first-order chi connectivity index (χ1) is 12.6. The number of aryl methyl sites for hydroxylation is 1. The summed E-state index contributed by atoms with van der Waals surface area (Å²) in [6, 6.07) is 9.81. The van der Waals surface area contributed by atoms with Crippen molar-refractivity contribution in [2.24, 2.45) is 0 Å². The molecule has 0 spiro atoms. The van der Waals surface area contributed by atoms with Gasteiger partial charge in [-0.25, -0.2) is 9.50 Å². The second-order valence-electron chi connectivity index (χ2n) is 6.28. The van der Waals surface area contributed by atoms with E-state index in [4.69, 9.17) is 0 Å². The van der Waals surface area contributed by atoms with Crippen LogP contribution in [0.3, 0.4) is 0 Å². The van der Waals surface area contributed by atoms with Crippen molar-refractivity contribution in [2.45, 2.75) is 32.7 Å². The number of carbonyl (C=O) groups is 2. The van der Waals surface area contributed by atoms with Crippen LogP contribution in [0.2, 0.25) is 0 Å². The molecular formula is C19H18N4O2S. The number of hydrogen-bond acceptors (Lipinski definition) is 5. The summed E-state index contributed by atoms with van der Waals surface area (Å²) < 4.78 is 1.72. The van der Waals surface area contributed by atoms with E-state index >= 15 is 0 Å². The first-order valence-electron chi connectivity index (χ1n) is 8.49. The van der Waals surface area contributed by atoms with Gasteiger partial charge in [0.1, 0.15) is 5.01 Å². The van der Waals surface area contributed by atoms with Crippen molar-refractivity contribution >= 4 is 33.6 Å². The second kappa shape index (κ2) is 6.84. The number of rotatable bonds is 5. The minimum Gasteiger partial charge on any atom is -0.350 e. The summed E-state index contributed by atoms with van der Waals surface area (Å²) in [5.41, 5.74) is 3.41. The molecule has 6 nitrogen and oxygen atoms in total. The SMILES string of the molecule is Cc1nn2cc(CNC(=O)CC3=C(c4ccccc4)CCC3=O)nc2s1. The van der Waals surface area contributed by atoms with Crippen LogP contribution < -0.4 is 5.32 Å². The molecule has 0 bridgehead atoms. The lowest BCUT2D eigenvalue weighted by atomic mass is 10.00. The molecule has 3 aromatic rings. The van der Waals surface area contributed by atoms with E-state index in [-0.39, 0.29) is 18.1 Å². The standard InChI is InChI=1S/C19H18N4O2S/c1-12-22-23-11-14(21-19(23)26-12)10-20-18(25)9-16-15(7-8-17(16)24)13-5-3-2-4-6-13/h2-6,11H,7-10H2,1H3,(H,20,25). The van der Waals surface area contributed by atoms with E-state index in [0.29, 0.717) is 25.0 Å². The summed E-state index contributed by atoms with van der Waals surface area (Å²) in [5, 5.41) is 8.11. The van der Waals surface area contributed by atoms with Crippen molar-refractivity contribution in [3.63, 3.8) is 0 Å². The van der Waals surface area contributed by atoms with Crippen LogP contribution in [0, 0.1) is 6.92 Å². The number of Topliss-reactive ketones (excluding diaryl/α,β-unsaturated/α-hetero) is 1. The highest BCUT2D eigenvalue weighted by molar-refractivity contribution is 7.16. The molecule has 0 atom stereocenters. The van der Waals surface area contributed by atoms with Crippen molar-refractivity contribution in [3.05, 3.63) is 58.4 Å². The van der Waals surface area contributed by atoms with Gasteiger partial charge in [0.25, 0.3) is 0 Å². The quantitative estimate of drug-likeness (QED) is 0.753. The molecule has 132 valence electrons. The molecule has 1 amide bonds. The Hall–Kier alpha value is -2.80. The van der Waals surface area contributed by atoms with Gasteiger partial charge in [-0.3, -0.25) is 9.59 Å². The zero-order chi connectivity index (χ0) is 18.1. The summed E-state index contributed by atoms with van der Waals surface area (Å²) in [6.07, 6.45) is 3.11. The molecule has 1 N–H and O–H groups in total. The third-order valence-corrected chi connectivity index (χ3v) is 5.26. The van der Waals surface area contributed by atoms with Gasteiger partial charge in [0, 0.05) is 12.0 Å². The predicted molar refractivity (Wildman–Crippen MR) is 99.7 cm³/mol. The van der Waals surface area contributed by atoms with E-state index in [2.05, 4.69) is 15.4 Å². The topological polar surface area (TPSA) is 76.4 Å². The maximum absolute atomic E-state index is 12.4. The van der Waals surface area contributed by atoms with Crippen molar-refractivity contribution in [2.75, 3.05) is 0 Å².